The van der Waals surface area contributed by atoms with Crippen LogP contribution in [0.1, 0.15) is 32.5 Å². The van der Waals surface area contributed by atoms with E-state index in [1.165, 1.54) is 6.33 Å². The molecular formula is C14H21N5O2. The minimum absolute atomic E-state index is 0.0104. The minimum Gasteiger partial charge on any atom is -0.342 e. The topological polar surface area (TPSA) is 80.1 Å². The van der Waals surface area contributed by atoms with E-state index in [9.17, 15) is 9.59 Å². The van der Waals surface area contributed by atoms with Crippen LogP contribution in [0.15, 0.2) is 6.33 Å². The predicted molar refractivity (Wildman–Crippen MR) is 74.9 cm³/mol. The number of amides is 2. The van der Waals surface area contributed by atoms with Crippen molar-refractivity contribution in [2.24, 2.45) is 11.8 Å². The first-order valence-electron chi connectivity index (χ1n) is 7.49. The zero-order valence-electron chi connectivity index (χ0n) is 12.5. The van der Waals surface area contributed by atoms with Gasteiger partial charge in [0.15, 0.2) is 0 Å². The first-order valence-corrected chi connectivity index (χ1v) is 7.49. The second kappa shape index (κ2) is 5.46. The molecule has 7 nitrogen and oxygen atoms in total. The molecule has 2 aliphatic rings. The van der Waals surface area contributed by atoms with Crippen LogP contribution in [-0.4, -0.2) is 44.1 Å². The maximum Gasteiger partial charge on any atom is 0.246 e. The summed E-state index contributed by atoms with van der Waals surface area (Å²) in [5.41, 5.74) is 0. The van der Waals surface area contributed by atoms with Crippen LogP contribution in [0.5, 0.6) is 0 Å². The Morgan fingerprint density at radius 1 is 1.38 bits per heavy atom. The third kappa shape index (κ3) is 3.06. The Morgan fingerprint density at radius 3 is 2.81 bits per heavy atom. The van der Waals surface area contributed by atoms with Crippen LogP contribution in [0.3, 0.4) is 0 Å². The lowest BCUT2D eigenvalue weighted by molar-refractivity contribution is -0.145. The molecule has 2 heterocycles. The average Bonchev–Trinajstić information content (AvgIpc) is 3.17. The van der Waals surface area contributed by atoms with Gasteiger partial charge in [-0.1, -0.05) is 13.8 Å². The van der Waals surface area contributed by atoms with Crippen LogP contribution in [0.2, 0.25) is 0 Å². The SMILES string of the molecule is CC(C)Cn1ncnc1CN1CC(=O)NC(C2CC2)C1=O. The molecule has 0 radical (unpaired) electrons. The molecule has 21 heavy (non-hydrogen) atoms. The van der Waals surface area contributed by atoms with Gasteiger partial charge < -0.3 is 10.2 Å². The van der Waals surface area contributed by atoms with Gasteiger partial charge in [-0.3, -0.25) is 9.59 Å². The number of hydrogen-bond acceptors (Lipinski definition) is 4. The number of piperazine rings is 1. The third-order valence-electron chi connectivity index (χ3n) is 3.89. The van der Waals surface area contributed by atoms with Gasteiger partial charge in [0.2, 0.25) is 11.8 Å². The molecule has 7 heteroatoms. The van der Waals surface area contributed by atoms with E-state index in [2.05, 4.69) is 29.2 Å². The molecule has 2 fully saturated rings. The largest absolute Gasteiger partial charge is 0.342 e. The third-order valence-corrected chi connectivity index (χ3v) is 3.89. The number of nitrogens with one attached hydrogen (secondary N) is 1. The van der Waals surface area contributed by atoms with Crippen LogP contribution < -0.4 is 5.32 Å². The van der Waals surface area contributed by atoms with Crippen molar-refractivity contribution < 1.29 is 9.59 Å². The van der Waals surface area contributed by atoms with Gasteiger partial charge in [-0.25, -0.2) is 9.67 Å². The molecule has 114 valence electrons. The molecule has 3 rings (SSSR count). The summed E-state index contributed by atoms with van der Waals surface area (Å²) in [7, 11) is 0. The highest BCUT2D eigenvalue weighted by Crippen LogP contribution is 2.34. The summed E-state index contributed by atoms with van der Waals surface area (Å²) in [6, 6.07) is -0.340. The standard InChI is InChI=1S/C14H21N5O2/c1-9(2)5-19-11(15-8-16-19)6-18-7-12(20)17-13(14(18)21)10-3-4-10/h8-10,13H,3-7H2,1-2H3,(H,17,20). The maximum absolute atomic E-state index is 12.5. The molecule has 0 aromatic carbocycles. The molecule has 1 aliphatic heterocycles. The van der Waals surface area contributed by atoms with Gasteiger partial charge in [-0.15, -0.1) is 0 Å². The molecule has 1 atom stereocenters. The number of carbonyl (C=O) groups is 2. The Balaban J connectivity index is 1.72. The van der Waals surface area contributed by atoms with E-state index in [1.807, 2.05) is 4.68 Å². The Hall–Kier alpha value is -1.92. The molecule has 2 amide bonds. The van der Waals surface area contributed by atoms with Crippen LogP contribution >= 0.6 is 0 Å². The zero-order chi connectivity index (χ0) is 15.0. The van der Waals surface area contributed by atoms with Crippen molar-refractivity contribution in [2.75, 3.05) is 6.54 Å². The lowest BCUT2D eigenvalue weighted by Gasteiger charge is -2.32. The number of aromatic nitrogens is 3. The molecule has 1 saturated carbocycles. The predicted octanol–water partition coefficient (Wildman–Crippen LogP) is 0.171. The van der Waals surface area contributed by atoms with Crippen molar-refractivity contribution in [3.8, 4) is 0 Å². The second-order valence-corrected chi connectivity index (χ2v) is 6.33. The number of nitrogens with zero attached hydrogens (tertiary/aromatic N) is 4. The van der Waals surface area contributed by atoms with Gasteiger partial charge in [0.05, 0.1) is 6.54 Å². The monoisotopic (exact) mass is 291 g/mol. The minimum atomic E-state index is -0.340. The number of rotatable bonds is 5. The Bertz CT molecular complexity index is 549. The molecule has 1 saturated heterocycles. The van der Waals surface area contributed by atoms with E-state index < -0.39 is 0 Å². The van der Waals surface area contributed by atoms with Crippen molar-refractivity contribution in [1.82, 2.24) is 25.0 Å². The van der Waals surface area contributed by atoms with Gasteiger partial charge in [0, 0.05) is 6.54 Å². The number of hydrogen-bond donors (Lipinski definition) is 1. The van der Waals surface area contributed by atoms with Crippen LogP contribution in [-0.2, 0) is 22.7 Å². The molecule has 1 aliphatic carbocycles. The Kier molecular flexibility index (Phi) is 3.65. The summed E-state index contributed by atoms with van der Waals surface area (Å²) >= 11 is 0. The smallest absolute Gasteiger partial charge is 0.246 e. The van der Waals surface area contributed by atoms with E-state index in [0.717, 1.165) is 25.2 Å². The van der Waals surface area contributed by atoms with Gasteiger partial charge in [-0.2, -0.15) is 5.10 Å². The van der Waals surface area contributed by atoms with Gasteiger partial charge in [0.1, 0.15) is 24.7 Å². The second-order valence-electron chi connectivity index (χ2n) is 6.33. The van der Waals surface area contributed by atoms with Crippen LogP contribution in [0, 0.1) is 11.8 Å². The highest BCUT2D eigenvalue weighted by Gasteiger charge is 2.42. The fraction of sp³-hybridized carbons (Fsp3) is 0.714. The molecular weight excluding hydrogens is 270 g/mol. The first kappa shape index (κ1) is 14.0. The quantitative estimate of drug-likeness (QED) is 0.838. The van der Waals surface area contributed by atoms with Crippen LogP contribution in [0.4, 0.5) is 0 Å². The lowest BCUT2D eigenvalue weighted by atomic mass is 10.1. The molecule has 1 unspecified atom stereocenters. The lowest BCUT2D eigenvalue weighted by Crippen LogP contribution is -2.58. The summed E-state index contributed by atoms with van der Waals surface area (Å²) in [6.07, 6.45) is 3.55. The van der Waals surface area contributed by atoms with E-state index >= 15 is 0 Å². The van der Waals surface area contributed by atoms with E-state index in [1.54, 1.807) is 4.90 Å². The van der Waals surface area contributed by atoms with E-state index in [-0.39, 0.29) is 24.4 Å². The van der Waals surface area contributed by atoms with E-state index in [4.69, 9.17) is 0 Å². The van der Waals surface area contributed by atoms with Gasteiger partial charge in [-0.05, 0) is 24.7 Å². The summed E-state index contributed by atoms with van der Waals surface area (Å²) in [4.78, 5) is 30.1. The number of carbonyl (C=O) groups excluding carboxylic acids is 2. The van der Waals surface area contributed by atoms with Crippen molar-refractivity contribution in [2.45, 2.75) is 45.8 Å². The van der Waals surface area contributed by atoms with Crippen molar-refractivity contribution in [3.63, 3.8) is 0 Å². The highest BCUT2D eigenvalue weighted by atomic mass is 16.2. The highest BCUT2D eigenvalue weighted by molar-refractivity contribution is 5.95. The van der Waals surface area contributed by atoms with Crippen molar-refractivity contribution in [3.05, 3.63) is 12.2 Å². The normalized spacial score (nSPS) is 22.8. The van der Waals surface area contributed by atoms with Gasteiger partial charge in [0.25, 0.3) is 0 Å². The molecule has 1 N–H and O–H groups in total. The average molecular weight is 291 g/mol. The summed E-state index contributed by atoms with van der Waals surface area (Å²) in [6.45, 7) is 5.43. The summed E-state index contributed by atoms with van der Waals surface area (Å²) < 4.78 is 1.82. The molecule has 1 aromatic heterocycles. The van der Waals surface area contributed by atoms with Crippen LogP contribution in [0.25, 0.3) is 0 Å². The summed E-state index contributed by atoms with van der Waals surface area (Å²) in [5.74, 6) is 1.43. The Morgan fingerprint density at radius 2 is 2.14 bits per heavy atom. The molecule has 0 spiro atoms. The van der Waals surface area contributed by atoms with Crippen molar-refractivity contribution >= 4 is 11.8 Å². The van der Waals surface area contributed by atoms with E-state index in [0.29, 0.717) is 18.4 Å². The maximum atomic E-state index is 12.5. The fourth-order valence-corrected chi connectivity index (χ4v) is 2.69. The Labute approximate surface area is 123 Å². The first-order chi connectivity index (χ1) is 10.0. The molecule has 1 aromatic rings. The zero-order valence-corrected chi connectivity index (χ0v) is 12.5. The summed E-state index contributed by atoms with van der Waals surface area (Å²) in [5, 5.41) is 7.01. The molecule has 0 bridgehead atoms. The van der Waals surface area contributed by atoms with Gasteiger partial charge >= 0.3 is 0 Å². The van der Waals surface area contributed by atoms with Crippen molar-refractivity contribution in [1.29, 1.82) is 0 Å². The fourth-order valence-electron chi connectivity index (χ4n) is 2.69.